The minimum absolute atomic E-state index is 0.0445. The van der Waals surface area contributed by atoms with Gasteiger partial charge < -0.3 is 15.0 Å². The largest absolute Gasteiger partial charge is 0.379 e. The molecule has 3 aromatic rings. The maximum absolute atomic E-state index is 12.0. The van der Waals surface area contributed by atoms with Crippen LogP contribution < -0.4 is 10.2 Å². The predicted molar refractivity (Wildman–Crippen MR) is 114 cm³/mol. The molecule has 0 spiro atoms. The van der Waals surface area contributed by atoms with Gasteiger partial charge in [0.05, 0.1) is 31.7 Å². The van der Waals surface area contributed by atoms with Crippen LogP contribution in [0.4, 0.5) is 5.82 Å². The van der Waals surface area contributed by atoms with Gasteiger partial charge in [0.25, 0.3) is 0 Å². The van der Waals surface area contributed by atoms with E-state index >= 15 is 0 Å². The van der Waals surface area contributed by atoms with E-state index in [2.05, 4.69) is 27.0 Å². The highest BCUT2D eigenvalue weighted by Crippen LogP contribution is 2.39. The maximum atomic E-state index is 12.0. The fourth-order valence-corrected chi connectivity index (χ4v) is 5.03. The Morgan fingerprint density at radius 3 is 2.86 bits per heavy atom. The lowest BCUT2D eigenvalue weighted by molar-refractivity contribution is -0.119. The van der Waals surface area contributed by atoms with Crippen molar-refractivity contribution >= 4 is 44.6 Å². The molecule has 0 aromatic carbocycles. The van der Waals surface area contributed by atoms with Gasteiger partial charge in [-0.05, 0) is 11.4 Å². The quantitative estimate of drug-likeness (QED) is 0.664. The summed E-state index contributed by atoms with van der Waals surface area (Å²) in [5.41, 5.74) is 1.13. The van der Waals surface area contributed by atoms with Crippen LogP contribution >= 0.6 is 22.7 Å². The number of anilines is 1. The molecule has 1 saturated heterocycles. The van der Waals surface area contributed by atoms with Crippen molar-refractivity contribution in [1.29, 1.82) is 0 Å². The molecule has 4 rings (SSSR count). The zero-order valence-electron chi connectivity index (χ0n) is 16.0. The number of thiophene rings is 2. The van der Waals surface area contributed by atoms with Crippen LogP contribution in [0, 0.1) is 0 Å². The number of amides is 1. The number of ether oxygens (including phenoxy) is 1. The Morgan fingerprint density at radius 1 is 1.32 bits per heavy atom. The number of aromatic nitrogens is 2. The number of fused-ring (bicyclic) bond motifs is 1. The Balaban J connectivity index is 1.75. The van der Waals surface area contributed by atoms with Crippen molar-refractivity contribution in [2.45, 2.75) is 6.54 Å². The van der Waals surface area contributed by atoms with Crippen molar-refractivity contribution in [1.82, 2.24) is 20.2 Å². The molecule has 0 radical (unpaired) electrons. The third-order valence-corrected chi connectivity index (χ3v) is 6.51. The summed E-state index contributed by atoms with van der Waals surface area (Å²) in [6.07, 6.45) is 0. The van der Waals surface area contributed by atoms with Crippen molar-refractivity contribution in [2.24, 2.45) is 0 Å². The van der Waals surface area contributed by atoms with E-state index in [1.165, 1.54) is 4.88 Å². The van der Waals surface area contributed by atoms with E-state index in [9.17, 15) is 4.79 Å². The van der Waals surface area contributed by atoms with Crippen LogP contribution in [-0.4, -0.2) is 67.7 Å². The molecule has 0 atom stereocenters. The van der Waals surface area contributed by atoms with Crippen molar-refractivity contribution in [3.8, 4) is 10.4 Å². The van der Waals surface area contributed by atoms with Crippen molar-refractivity contribution in [3.63, 3.8) is 0 Å². The number of hydrogen-bond acceptors (Lipinski definition) is 8. The molecule has 1 N–H and O–H groups in total. The van der Waals surface area contributed by atoms with Crippen LogP contribution in [0.1, 0.15) is 5.82 Å². The Bertz CT molecular complexity index is 951. The summed E-state index contributed by atoms with van der Waals surface area (Å²) >= 11 is 3.33. The monoisotopic (exact) mass is 417 g/mol. The summed E-state index contributed by atoms with van der Waals surface area (Å²) in [4.78, 5) is 28.1. The molecule has 1 aliphatic rings. The molecule has 1 aliphatic heterocycles. The highest BCUT2D eigenvalue weighted by atomic mass is 32.1. The second-order valence-corrected chi connectivity index (χ2v) is 8.49. The van der Waals surface area contributed by atoms with Gasteiger partial charge in [0.1, 0.15) is 16.5 Å². The van der Waals surface area contributed by atoms with Crippen LogP contribution in [0.15, 0.2) is 22.9 Å². The molecule has 0 saturated carbocycles. The van der Waals surface area contributed by atoms with Gasteiger partial charge in [-0.1, -0.05) is 6.07 Å². The van der Waals surface area contributed by atoms with Crippen molar-refractivity contribution in [2.75, 3.05) is 51.8 Å². The zero-order valence-corrected chi connectivity index (χ0v) is 17.6. The highest BCUT2D eigenvalue weighted by Gasteiger charge is 2.21. The van der Waals surface area contributed by atoms with Gasteiger partial charge in [-0.15, -0.1) is 22.7 Å². The number of morpholine rings is 1. The number of carbonyl (C=O) groups excluding carboxylic acids is 1. The second kappa shape index (κ2) is 8.52. The Morgan fingerprint density at radius 2 is 2.14 bits per heavy atom. The minimum atomic E-state index is -0.0445. The van der Waals surface area contributed by atoms with Crippen molar-refractivity contribution < 1.29 is 9.53 Å². The van der Waals surface area contributed by atoms with Gasteiger partial charge in [0, 0.05) is 43.0 Å². The second-order valence-electron chi connectivity index (χ2n) is 6.69. The maximum Gasteiger partial charge on any atom is 0.239 e. The fourth-order valence-electron chi connectivity index (χ4n) is 3.26. The summed E-state index contributed by atoms with van der Waals surface area (Å²) in [6.45, 7) is 4.19. The number of hydrogen-bond donors (Lipinski definition) is 1. The average Bonchev–Trinajstić information content (AvgIpc) is 3.37. The van der Waals surface area contributed by atoms with Gasteiger partial charge in [-0.3, -0.25) is 9.69 Å². The van der Waals surface area contributed by atoms with Gasteiger partial charge in [-0.2, -0.15) is 0 Å². The molecule has 9 heteroatoms. The molecule has 148 valence electrons. The SMILES string of the molecule is CNC(=O)CN(C)c1nc(CN2CCOCC2)nc2scc(-c3cccs3)c12. The van der Waals surface area contributed by atoms with Crippen molar-refractivity contribution in [3.05, 3.63) is 28.7 Å². The van der Waals surface area contributed by atoms with E-state index in [-0.39, 0.29) is 12.5 Å². The first kappa shape index (κ1) is 19.3. The van der Waals surface area contributed by atoms with E-state index in [1.807, 2.05) is 18.0 Å². The van der Waals surface area contributed by atoms with Crippen LogP contribution in [0.25, 0.3) is 20.7 Å². The molecule has 0 aliphatic carbocycles. The molecule has 4 heterocycles. The molecule has 28 heavy (non-hydrogen) atoms. The predicted octanol–water partition coefficient (Wildman–Crippen LogP) is 2.43. The first-order chi connectivity index (χ1) is 13.7. The lowest BCUT2D eigenvalue weighted by Gasteiger charge is -2.26. The summed E-state index contributed by atoms with van der Waals surface area (Å²) in [6, 6.07) is 4.15. The first-order valence-corrected chi connectivity index (χ1v) is 11.0. The average molecular weight is 418 g/mol. The number of likely N-dealkylation sites (N-methyl/N-ethyl adjacent to an activating group) is 2. The first-order valence-electron chi connectivity index (χ1n) is 9.19. The molecule has 0 bridgehead atoms. The van der Waals surface area contributed by atoms with Crippen LogP contribution in [0.5, 0.6) is 0 Å². The molecule has 3 aromatic heterocycles. The highest BCUT2D eigenvalue weighted by molar-refractivity contribution is 7.18. The number of rotatable bonds is 6. The van der Waals surface area contributed by atoms with Gasteiger partial charge >= 0.3 is 0 Å². The van der Waals surface area contributed by atoms with Gasteiger partial charge in [0.2, 0.25) is 5.91 Å². The molecular weight excluding hydrogens is 394 g/mol. The number of carbonyl (C=O) groups is 1. The summed E-state index contributed by atoms with van der Waals surface area (Å²) in [5.74, 6) is 1.55. The van der Waals surface area contributed by atoms with Crippen LogP contribution in [-0.2, 0) is 16.1 Å². The lowest BCUT2D eigenvalue weighted by atomic mass is 10.2. The fraction of sp³-hybridized carbons (Fsp3) is 0.421. The van der Waals surface area contributed by atoms with E-state index in [1.54, 1.807) is 29.7 Å². The summed E-state index contributed by atoms with van der Waals surface area (Å²) < 4.78 is 5.44. The van der Waals surface area contributed by atoms with E-state index in [0.717, 1.165) is 53.7 Å². The van der Waals surface area contributed by atoms with Crippen LogP contribution in [0.2, 0.25) is 0 Å². The smallest absolute Gasteiger partial charge is 0.239 e. The summed E-state index contributed by atoms with van der Waals surface area (Å²) in [5, 5.41) is 7.92. The molecule has 0 unspecified atom stereocenters. The Hall–Kier alpha value is -2.07. The molecular formula is C19H23N5O2S2. The van der Waals surface area contributed by atoms with E-state index < -0.39 is 0 Å². The molecule has 1 amide bonds. The number of nitrogens with zero attached hydrogens (tertiary/aromatic N) is 4. The van der Waals surface area contributed by atoms with E-state index in [0.29, 0.717) is 6.54 Å². The zero-order chi connectivity index (χ0) is 19.5. The minimum Gasteiger partial charge on any atom is -0.379 e. The Labute approximate surface area is 172 Å². The van der Waals surface area contributed by atoms with Crippen LogP contribution in [0.3, 0.4) is 0 Å². The standard InChI is InChI=1S/C19H23N5O2S2/c1-20-16(25)11-23(2)18-17-13(14-4-3-9-27-14)12-28-19(17)22-15(21-18)10-24-5-7-26-8-6-24/h3-4,9,12H,5-8,10-11H2,1-2H3,(H,20,25). The molecule has 7 nitrogen and oxygen atoms in total. The Kier molecular flexibility index (Phi) is 5.86. The van der Waals surface area contributed by atoms with E-state index in [4.69, 9.17) is 14.7 Å². The topological polar surface area (TPSA) is 70.6 Å². The lowest BCUT2D eigenvalue weighted by Crippen LogP contribution is -2.36. The van der Waals surface area contributed by atoms with Gasteiger partial charge in [0.15, 0.2) is 0 Å². The normalized spacial score (nSPS) is 15.1. The number of nitrogens with one attached hydrogen (secondary N) is 1. The third-order valence-electron chi connectivity index (χ3n) is 4.74. The van der Waals surface area contributed by atoms with Gasteiger partial charge in [-0.25, -0.2) is 9.97 Å². The third kappa shape index (κ3) is 4.02. The molecule has 1 fully saturated rings. The summed E-state index contributed by atoms with van der Waals surface area (Å²) in [7, 11) is 3.56.